The van der Waals surface area contributed by atoms with E-state index >= 15 is 0 Å². The van der Waals surface area contributed by atoms with Crippen molar-refractivity contribution in [1.29, 1.82) is 0 Å². The first-order chi connectivity index (χ1) is 7.56. The van der Waals surface area contributed by atoms with Crippen molar-refractivity contribution in [1.82, 2.24) is 14.8 Å². The van der Waals surface area contributed by atoms with Crippen molar-refractivity contribution in [2.75, 3.05) is 6.26 Å². The lowest BCUT2D eigenvalue weighted by Gasteiger charge is -2.24. The molecule has 1 rings (SSSR count). The van der Waals surface area contributed by atoms with Crippen molar-refractivity contribution in [2.45, 2.75) is 44.9 Å². The van der Waals surface area contributed by atoms with Crippen molar-refractivity contribution < 1.29 is 8.42 Å². The van der Waals surface area contributed by atoms with Crippen molar-refractivity contribution in [3.05, 3.63) is 11.1 Å². The van der Waals surface area contributed by atoms with E-state index in [0.717, 1.165) is 0 Å². The Hall–Kier alpha value is -0.620. The highest BCUT2D eigenvalue weighted by atomic mass is 35.5. The van der Waals surface area contributed by atoms with Gasteiger partial charge in [0.15, 0.2) is 9.84 Å². The van der Waals surface area contributed by atoms with Gasteiger partial charge in [-0.25, -0.2) is 8.42 Å². The second kappa shape index (κ2) is 4.57. The van der Waals surface area contributed by atoms with Crippen molar-refractivity contribution in [3.63, 3.8) is 0 Å². The summed E-state index contributed by atoms with van der Waals surface area (Å²) in [6, 6.07) is 0. The second-order valence-electron chi connectivity index (χ2n) is 5.10. The Morgan fingerprint density at radius 3 is 2.29 bits per heavy atom. The Morgan fingerprint density at radius 1 is 1.35 bits per heavy atom. The van der Waals surface area contributed by atoms with Crippen molar-refractivity contribution in [2.24, 2.45) is 0 Å². The summed E-state index contributed by atoms with van der Waals surface area (Å²) in [5.74, 6) is 0.845. The number of sulfone groups is 1. The van der Waals surface area contributed by atoms with Crippen LogP contribution in [0.4, 0.5) is 0 Å². The van der Waals surface area contributed by atoms with Crippen LogP contribution >= 0.6 is 11.6 Å². The predicted molar refractivity (Wildman–Crippen MR) is 68.0 cm³/mol. The van der Waals surface area contributed by atoms with Gasteiger partial charge in [-0.3, -0.25) is 4.57 Å². The van der Waals surface area contributed by atoms with E-state index in [-0.39, 0.29) is 17.7 Å². The monoisotopic (exact) mass is 279 g/mol. The summed E-state index contributed by atoms with van der Waals surface area (Å²) in [5.41, 5.74) is 0. The molecule has 0 atom stereocenters. The van der Waals surface area contributed by atoms with Crippen LogP contribution in [0.2, 0.25) is 5.28 Å². The first-order valence-corrected chi connectivity index (χ1v) is 7.61. The molecule has 0 saturated carbocycles. The van der Waals surface area contributed by atoms with Gasteiger partial charge in [-0.15, -0.1) is 10.2 Å². The molecule has 0 aliphatic rings. The van der Waals surface area contributed by atoms with Gasteiger partial charge in [-0.2, -0.15) is 0 Å². The molecule has 0 fully saturated rings. The van der Waals surface area contributed by atoms with Crippen LogP contribution in [0.25, 0.3) is 0 Å². The zero-order valence-corrected chi connectivity index (χ0v) is 12.3. The third-order valence-corrected chi connectivity index (χ3v) is 5.21. The van der Waals surface area contributed by atoms with Gasteiger partial charge in [0.1, 0.15) is 5.82 Å². The highest BCUT2D eigenvalue weighted by molar-refractivity contribution is 7.92. The molecular formula is C10H18ClN3O2S. The fourth-order valence-corrected chi connectivity index (χ4v) is 1.91. The van der Waals surface area contributed by atoms with E-state index in [1.807, 2.05) is 13.8 Å². The fraction of sp³-hybridized carbons (Fsp3) is 0.800. The first kappa shape index (κ1) is 14.4. The van der Waals surface area contributed by atoms with Gasteiger partial charge in [0.05, 0.1) is 4.75 Å². The Bertz CT molecular complexity index is 506. The topological polar surface area (TPSA) is 64.8 Å². The molecule has 0 radical (unpaired) electrons. The number of aromatic nitrogens is 3. The third-order valence-electron chi connectivity index (χ3n) is 2.79. The molecule has 0 aliphatic heterocycles. The summed E-state index contributed by atoms with van der Waals surface area (Å²) in [4.78, 5) is 0. The zero-order chi connectivity index (χ0) is 13.4. The van der Waals surface area contributed by atoms with Crippen molar-refractivity contribution >= 4 is 21.4 Å². The zero-order valence-electron chi connectivity index (χ0n) is 10.7. The van der Waals surface area contributed by atoms with Gasteiger partial charge in [-0.1, -0.05) is 13.8 Å². The van der Waals surface area contributed by atoms with Crippen LogP contribution in [0.1, 0.15) is 39.4 Å². The van der Waals surface area contributed by atoms with E-state index in [1.165, 1.54) is 6.26 Å². The molecule has 1 aromatic rings. The van der Waals surface area contributed by atoms with Gasteiger partial charge in [0.25, 0.3) is 0 Å². The summed E-state index contributed by atoms with van der Waals surface area (Å²) in [7, 11) is -3.17. The summed E-state index contributed by atoms with van der Waals surface area (Å²) in [6.45, 7) is 7.52. The summed E-state index contributed by atoms with van der Waals surface area (Å²) in [6.07, 6.45) is 1.22. The van der Waals surface area contributed by atoms with Crippen LogP contribution in [0.15, 0.2) is 0 Å². The second-order valence-corrected chi connectivity index (χ2v) is 8.09. The molecule has 0 saturated heterocycles. The maximum absolute atomic E-state index is 11.7. The smallest absolute Gasteiger partial charge is 0.225 e. The van der Waals surface area contributed by atoms with E-state index in [4.69, 9.17) is 11.6 Å². The lowest BCUT2D eigenvalue weighted by molar-refractivity contribution is 0.488. The highest BCUT2D eigenvalue weighted by Crippen LogP contribution is 2.23. The molecule has 0 N–H and O–H groups in total. The Labute approximate surface area is 107 Å². The maximum atomic E-state index is 11.7. The molecule has 98 valence electrons. The molecule has 5 nitrogen and oxygen atoms in total. The standard InChI is InChI=1S/C10H18ClN3O2S/c1-7(2)8-12-13-9(11)14(8)6-10(3,4)17(5,15)16/h7H,6H2,1-5H3. The molecule has 0 amide bonds. The van der Waals surface area contributed by atoms with Crippen LogP contribution in [-0.2, 0) is 16.4 Å². The number of nitrogens with zero attached hydrogens (tertiary/aromatic N) is 3. The van der Waals surface area contributed by atoms with E-state index < -0.39 is 14.6 Å². The maximum Gasteiger partial charge on any atom is 0.225 e. The molecule has 0 aliphatic carbocycles. The lowest BCUT2D eigenvalue weighted by atomic mass is 10.1. The fourth-order valence-electron chi connectivity index (χ4n) is 1.37. The largest absolute Gasteiger partial charge is 0.300 e. The van der Waals surface area contributed by atoms with E-state index in [2.05, 4.69) is 10.2 Å². The number of hydrogen-bond acceptors (Lipinski definition) is 4. The van der Waals surface area contributed by atoms with Gasteiger partial charge >= 0.3 is 0 Å². The first-order valence-electron chi connectivity index (χ1n) is 5.34. The summed E-state index contributed by atoms with van der Waals surface area (Å²) < 4.78 is 24.1. The molecule has 7 heteroatoms. The van der Waals surface area contributed by atoms with Gasteiger partial charge in [-0.05, 0) is 25.4 Å². The van der Waals surface area contributed by atoms with Crippen LogP contribution in [0, 0.1) is 0 Å². The Kier molecular flexibility index (Phi) is 3.88. The van der Waals surface area contributed by atoms with E-state index in [0.29, 0.717) is 5.82 Å². The molecule has 1 heterocycles. The molecule has 17 heavy (non-hydrogen) atoms. The minimum atomic E-state index is -3.17. The number of halogens is 1. The average Bonchev–Trinajstić information content (AvgIpc) is 2.45. The average molecular weight is 280 g/mol. The van der Waals surface area contributed by atoms with Gasteiger partial charge in [0, 0.05) is 18.7 Å². The van der Waals surface area contributed by atoms with Crippen LogP contribution in [0.3, 0.4) is 0 Å². The molecule has 0 unspecified atom stereocenters. The molecule has 0 aromatic carbocycles. The quantitative estimate of drug-likeness (QED) is 0.844. The third kappa shape index (κ3) is 2.98. The number of hydrogen-bond donors (Lipinski definition) is 0. The van der Waals surface area contributed by atoms with Crippen LogP contribution in [0.5, 0.6) is 0 Å². The number of rotatable bonds is 4. The van der Waals surface area contributed by atoms with Crippen LogP contribution in [-0.4, -0.2) is 34.2 Å². The van der Waals surface area contributed by atoms with Crippen molar-refractivity contribution in [3.8, 4) is 0 Å². The van der Waals surface area contributed by atoms with Crippen LogP contribution < -0.4 is 0 Å². The SMILES string of the molecule is CC(C)c1nnc(Cl)n1CC(C)(C)S(C)(=O)=O. The minimum absolute atomic E-state index is 0.144. The predicted octanol–water partition coefficient (Wildman–Crippen LogP) is 1.88. The lowest BCUT2D eigenvalue weighted by Crippen LogP contribution is -2.36. The molecule has 0 bridgehead atoms. The minimum Gasteiger partial charge on any atom is -0.300 e. The summed E-state index contributed by atoms with van der Waals surface area (Å²) >= 11 is 5.94. The molecule has 1 aromatic heterocycles. The Balaban J connectivity index is 3.16. The van der Waals surface area contributed by atoms with Gasteiger partial charge < -0.3 is 0 Å². The molecular weight excluding hydrogens is 262 g/mol. The Morgan fingerprint density at radius 2 is 1.88 bits per heavy atom. The normalized spacial score (nSPS) is 13.4. The van der Waals surface area contributed by atoms with E-state index in [9.17, 15) is 8.42 Å². The molecule has 0 spiro atoms. The van der Waals surface area contributed by atoms with Gasteiger partial charge in [0.2, 0.25) is 5.28 Å². The summed E-state index contributed by atoms with van der Waals surface area (Å²) in [5, 5.41) is 7.98. The van der Waals surface area contributed by atoms with E-state index in [1.54, 1.807) is 18.4 Å². The highest BCUT2D eigenvalue weighted by Gasteiger charge is 2.32.